The summed E-state index contributed by atoms with van der Waals surface area (Å²) < 4.78 is 6.87. The minimum atomic E-state index is -0.646. The van der Waals surface area contributed by atoms with Crippen LogP contribution in [0.5, 0.6) is 5.75 Å². The molecule has 4 aromatic rings. The fourth-order valence-electron chi connectivity index (χ4n) is 2.48. The number of hydrogen-bond donors (Lipinski definition) is 1. The molecule has 0 aliphatic heterocycles. The lowest BCUT2D eigenvalue weighted by Gasteiger charge is -2.10. The fraction of sp³-hybridized carbons (Fsp3) is 0.0556. The summed E-state index contributed by atoms with van der Waals surface area (Å²) in [7, 11) is 0. The first kappa shape index (κ1) is 15.7. The molecule has 1 N–H and O–H groups in total. The molecule has 0 saturated heterocycles. The lowest BCUT2D eigenvalue weighted by molar-refractivity contribution is 0.211. The van der Waals surface area contributed by atoms with Crippen molar-refractivity contribution in [3.63, 3.8) is 0 Å². The maximum absolute atomic E-state index is 12.2. The molecule has 4 aromatic heterocycles. The van der Waals surface area contributed by atoms with Gasteiger partial charge in [0.15, 0.2) is 11.6 Å². The highest BCUT2D eigenvalue weighted by atomic mass is 16.6. The van der Waals surface area contributed by atoms with E-state index in [1.165, 1.54) is 6.20 Å². The van der Waals surface area contributed by atoms with Crippen LogP contribution in [0.4, 0.5) is 4.79 Å². The van der Waals surface area contributed by atoms with E-state index in [4.69, 9.17) is 4.74 Å². The van der Waals surface area contributed by atoms with E-state index in [1.807, 2.05) is 18.2 Å². The summed E-state index contributed by atoms with van der Waals surface area (Å²) in [6.45, 7) is 1.75. The number of aryl methyl sites for hydroxylation is 1. The number of rotatable bonds is 3. The first-order chi connectivity index (χ1) is 12.7. The van der Waals surface area contributed by atoms with Gasteiger partial charge in [-0.1, -0.05) is 0 Å². The van der Waals surface area contributed by atoms with Crippen molar-refractivity contribution < 1.29 is 9.53 Å². The second-order valence-corrected chi connectivity index (χ2v) is 5.48. The van der Waals surface area contributed by atoms with Crippen molar-refractivity contribution in [1.29, 1.82) is 0 Å². The van der Waals surface area contributed by atoms with Crippen LogP contribution in [0.3, 0.4) is 0 Å². The maximum atomic E-state index is 12.2. The Morgan fingerprint density at radius 2 is 2.00 bits per heavy atom. The number of hydrogen-bond acceptors (Lipinski definition) is 6. The second kappa shape index (κ2) is 6.60. The number of ether oxygens (including phenoxy) is 1. The van der Waals surface area contributed by atoms with Gasteiger partial charge >= 0.3 is 6.09 Å². The van der Waals surface area contributed by atoms with Gasteiger partial charge in [-0.05, 0) is 37.3 Å². The van der Waals surface area contributed by atoms with Gasteiger partial charge < -0.3 is 4.74 Å². The topological polar surface area (TPSA) is 94.8 Å². The summed E-state index contributed by atoms with van der Waals surface area (Å²) in [6, 6.07) is 9.11. The molecule has 8 nitrogen and oxygen atoms in total. The molecule has 0 spiro atoms. The summed E-state index contributed by atoms with van der Waals surface area (Å²) in [6.07, 6.45) is 7.57. The number of amides is 1. The van der Waals surface area contributed by atoms with Crippen molar-refractivity contribution >= 4 is 17.1 Å². The number of fused-ring (bicyclic) bond motifs is 1. The zero-order chi connectivity index (χ0) is 17.9. The molecular formula is C18H14N6O2. The van der Waals surface area contributed by atoms with E-state index in [-0.39, 0.29) is 5.75 Å². The van der Waals surface area contributed by atoms with Crippen LogP contribution < -0.4 is 10.2 Å². The number of carbonyl (C=O) groups is 1. The second-order valence-electron chi connectivity index (χ2n) is 5.48. The van der Waals surface area contributed by atoms with Gasteiger partial charge in [0.05, 0.1) is 22.9 Å². The molecule has 0 atom stereocenters. The molecule has 0 fully saturated rings. The predicted octanol–water partition coefficient (Wildman–Crippen LogP) is 2.94. The van der Waals surface area contributed by atoms with Crippen molar-refractivity contribution in [2.24, 2.45) is 0 Å². The van der Waals surface area contributed by atoms with E-state index in [0.29, 0.717) is 11.5 Å². The Hall–Kier alpha value is -3.81. The zero-order valence-electron chi connectivity index (χ0n) is 13.8. The molecule has 26 heavy (non-hydrogen) atoms. The van der Waals surface area contributed by atoms with Crippen LogP contribution in [0.1, 0.15) is 5.69 Å². The van der Waals surface area contributed by atoms with Gasteiger partial charge in [0.2, 0.25) is 0 Å². The molecule has 128 valence electrons. The minimum absolute atomic E-state index is 0.282. The highest BCUT2D eigenvalue weighted by molar-refractivity contribution is 5.83. The Morgan fingerprint density at radius 3 is 2.81 bits per heavy atom. The molecule has 0 saturated carbocycles. The van der Waals surface area contributed by atoms with Gasteiger partial charge in [0.1, 0.15) is 0 Å². The van der Waals surface area contributed by atoms with Crippen LogP contribution in [0.2, 0.25) is 0 Å². The van der Waals surface area contributed by atoms with Gasteiger partial charge in [-0.2, -0.15) is 0 Å². The van der Waals surface area contributed by atoms with Gasteiger partial charge in [-0.3, -0.25) is 14.6 Å². The number of aromatic nitrogens is 5. The predicted molar refractivity (Wildman–Crippen MR) is 95.1 cm³/mol. The van der Waals surface area contributed by atoms with Crippen LogP contribution in [0.15, 0.2) is 61.3 Å². The highest BCUT2D eigenvalue weighted by Crippen LogP contribution is 2.19. The molecule has 0 aromatic carbocycles. The summed E-state index contributed by atoms with van der Waals surface area (Å²) in [5.41, 5.74) is 5.52. The molecule has 1 amide bonds. The van der Waals surface area contributed by atoms with Crippen LogP contribution in [0, 0.1) is 6.92 Å². The van der Waals surface area contributed by atoms with Crippen LogP contribution in [-0.4, -0.2) is 30.7 Å². The largest absolute Gasteiger partial charge is 0.432 e. The summed E-state index contributed by atoms with van der Waals surface area (Å²) >= 11 is 0. The number of nitrogens with one attached hydrogen (secondary N) is 1. The summed E-state index contributed by atoms with van der Waals surface area (Å²) in [4.78, 5) is 29.1. The molecule has 8 heteroatoms. The average Bonchev–Trinajstić information content (AvgIpc) is 3.07. The van der Waals surface area contributed by atoms with E-state index >= 15 is 0 Å². The Balaban J connectivity index is 1.51. The van der Waals surface area contributed by atoms with E-state index in [1.54, 1.807) is 48.5 Å². The molecule has 4 heterocycles. The third kappa shape index (κ3) is 3.07. The Kier molecular flexibility index (Phi) is 3.98. The van der Waals surface area contributed by atoms with Crippen molar-refractivity contribution in [2.75, 3.05) is 5.43 Å². The lowest BCUT2D eigenvalue weighted by Crippen LogP contribution is -2.25. The Labute approximate surface area is 148 Å². The van der Waals surface area contributed by atoms with E-state index in [9.17, 15) is 4.79 Å². The van der Waals surface area contributed by atoms with Gasteiger partial charge in [-0.25, -0.2) is 20.2 Å². The van der Waals surface area contributed by atoms with Crippen molar-refractivity contribution in [2.45, 2.75) is 6.92 Å². The van der Waals surface area contributed by atoms with Gasteiger partial charge in [-0.15, -0.1) is 0 Å². The van der Waals surface area contributed by atoms with Gasteiger partial charge in [0.25, 0.3) is 0 Å². The van der Waals surface area contributed by atoms with Gasteiger partial charge in [0, 0.05) is 30.4 Å². The molecular weight excluding hydrogens is 332 g/mol. The summed E-state index contributed by atoms with van der Waals surface area (Å²) in [5.74, 6) is 0.801. The zero-order valence-corrected chi connectivity index (χ0v) is 13.8. The standard InChI is InChI=1S/C18H14N6O2/c1-12-16(11-21-17(22-12)13-4-2-7-19-10-13)26-18(25)23-24-9-6-14-15(24)5-3-8-20-14/h2-11H,1H3,(H,23,25). The van der Waals surface area contributed by atoms with Crippen LogP contribution >= 0.6 is 0 Å². The van der Waals surface area contributed by atoms with Crippen LogP contribution in [-0.2, 0) is 0 Å². The summed E-state index contributed by atoms with van der Waals surface area (Å²) in [5, 5.41) is 0. The molecule has 0 bridgehead atoms. The third-order valence-corrected chi connectivity index (χ3v) is 3.73. The fourth-order valence-corrected chi connectivity index (χ4v) is 2.48. The van der Waals surface area contributed by atoms with E-state index in [2.05, 4.69) is 25.4 Å². The highest BCUT2D eigenvalue weighted by Gasteiger charge is 2.12. The normalized spacial score (nSPS) is 10.7. The molecule has 0 unspecified atom stereocenters. The SMILES string of the molecule is Cc1nc(-c2cccnc2)ncc1OC(=O)Nn1ccc2ncccc21. The quantitative estimate of drug-likeness (QED) is 0.613. The maximum Gasteiger partial charge on any atom is 0.432 e. The number of carbonyl (C=O) groups excluding carboxylic acids is 1. The molecule has 0 aliphatic rings. The first-order valence-electron chi connectivity index (χ1n) is 7.86. The van der Waals surface area contributed by atoms with E-state index in [0.717, 1.165) is 16.6 Å². The Morgan fingerprint density at radius 1 is 1.12 bits per heavy atom. The first-order valence-corrected chi connectivity index (χ1v) is 7.86. The van der Waals surface area contributed by atoms with Crippen molar-refractivity contribution in [3.8, 4) is 17.1 Å². The lowest BCUT2D eigenvalue weighted by atomic mass is 10.2. The van der Waals surface area contributed by atoms with Crippen molar-refractivity contribution in [3.05, 3.63) is 67.0 Å². The molecule has 0 radical (unpaired) electrons. The van der Waals surface area contributed by atoms with E-state index < -0.39 is 6.09 Å². The average molecular weight is 346 g/mol. The third-order valence-electron chi connectivity index (χ3n) is 3.73. The smallest absolute Gasteiger partial charge is 0.406 e. The number of nitrogens with zero attached hydrogens (tertiary/aromatic N) is 5. The monoisotopic (exact) mass is 346 g/mol. The molecule has 4 rings (SSSR count). The molecule has 0 aliphatic carbocycles. The van der Waals surface area contributed by atoms with Crippen LogP contribution in [0.25, 0.3) is 22.4 Å². The minimum Gasteiger partial charge on any atom is -0.406 e. The number of pyridine rings is 2. The Bertz CT molecular complexity index is 1080. The van der Waals surface area contributed by atoms with Crippen molar-refractivity contribution in [1.82, 2.24) is 24.6 Å².